The molecule has 2 heterocycles. The lowest BCUT2D eigenvalue weighted by Crippen LogP contribution is -2.21. The first kappa shape index (κ1) is 20.0. The third-order valence-electron chi connectivity index (χ3n) is 5.14. The summed E-state index contributed by atoms with van der Waals surface area (Å²) in [6.07, 6.45) is 3.64. The number of hydrogen-bond acceptors (Lipinski definition) is 4. The van der Waals surface area contributed by atoms with Crippen molar-refractivity contribution in [1.82, 2.24) is 24.3 Å². The molecule has 0 fully saturated rings. The summed E-state index contributed by atoms with van der Waals surface area (Å²) >= 11 is 6.19. The van der Waals surface area contributed by atoms with Gasteiger partial charge in [0.1, 0.15) is 25.0 Å². The first-order chi connectivity index (χ1) is 15.7. The smallest absolute Gasteiger partial charge is 0.244 e. The van der Waals surface area contributed by atoms with Crippen molar-refractivity contribution < 1.29 is 4.79 Å². The van der Waals surface area contributed by atoms with Gasteiger partial charge in [-0.2, -0.15) is 5.10 Å². The number of carbonyl (C=O) groups is 1. The average molecular weight is 443 g/mol. The highest BCUT2D eigenvalue weighted by molar-refractivity contribution is 6.31. The summed E-state index contributed by atoms with van der Waals surface area (Å²) in [6, 6.07) is 23.2. The minimum atomic E-state index is -0.189. The Bertz CT molecular complexity index is 1380. The standard InChI is InChI=1S/C24H19ClN6O/c25-18-10-11-22(31-16-26-15-27-31)20(13-18)29-24(32)14-30-21-9-5-4-8-19(21)28-23(30)12-17-6-2-1-3-7-17/h1-11,13,15-16H,12,14H2,(H,29,32). The van der Waals surface area contributed by atoms with E-state index in [2.05, 4.69) is 27.5 Å². The maximum atomic E-state index is 13.1. The van der Waals surface area contributed by atoms with Crippen molar-refractivity contribution in [2.45, 2.75) is 13.0 Å². The molecule has 7 nitrogen and oxygen atoms in total. The molecule has 32 heavy (non-hydrogen) atoms. The van der Waals surface area contributed by atoms with Gasteiger partial charge >= 0.3 is 0 Å². The Balaban J connectivity index is 1.46. The summed E-state index contributed by atoms with van der Waals surface area (Å²) in [5, 5.41) is 7.65. The third-order valence-corrected chi connectivity index (χ3v) is 5.37. The van der Waals surface area contributed by atoms with Gasteiger partial charge in [-0.15, -0.1) is 0 Å². The zero-order valence-corrected chi connectivity index (χ0v) is 17.8. The summed E-state index contributed by atoms with van der Waals surface area (Å²) in [5.41, 5.74) is 4.14. The van der Waals surface area contributed by atoms with Gasteiger partial charge in [-0.3, -0.25) is 4.79 Å². The number of rotatable bonds is 6. The lowest BCUT2D eigenvalue weighted by Gasteiger charge is -2.13. The Labute approximate surface area is 189 Å². The molecule has 0 aliphatic carbocycles. The molecule has 158 valence electrons. The normalized spacial score (nSPS) is 11.0. The molecule has 0 unspecified atom stereocenters. The van der Waals surface area contributed by atoms with Crippen LogP contribution in [0.15, 0.2) is 85.5 Å². The Morgan fingerprint density at radius 1 is 1.00 bits per heavy atom. The molecule has 0 saturated carbocycles. The molecule has 0 aliphatic rings. The van der Waals surface area contributed by atoms with E-state index >= 15 is 0 Å². The topological polar surface area (TPSA) is 77.6 Å². The highest BCUT2D eigenvalue weighted by Crippen LogP contribution is 2.25. The zero-order chi connectivity index (χ0) is 21.9. The maximum Gasteiger partial charge on any atom is 0.244 e. The molecule has 1 amide bonds. The first-order valence-electron chi connectivity index (χ1n) is 10.1. The molecule has 0 radical (unpaired) electrons. The van der Waals surface area contributed by atoms with Gasteiger partial charge in [0.05, 0.1) is 22.4 Å². The van der Waals surface area contributed by atoms with E-state index in [1.807, 2.05) is 47.0 Å². The van der Waals surface area contributed by atoms with Gasteiger partial charge < -0.3 is 9.88 Å². The van der Waals surface area contributed by atoms with Gasteiger partial charge in [0.2, 0.25) is 5.91 Å². The first-order valence-corrected chi connectivity index (χ1v) is 10.5. The second-order valence-electron chi connectivity index (χ2n) is 7.31. The number of fused-ring (bicyclic) bond motifs is 1. The van der Waals surface area contributed by atoms with Crippen LogP contribution in [0.5, 0.6) is 0 Å². The molecular formula is C24H19ClN6O. The highest BCUT2D eigenvalue weighted by Gasteiger charge is 2.16. The van der Waals surface area contributed by atoms with Gasteiger partial charge in [0, 0.05) is 11.4 Å². The van der Waals surface area contributed by atoms with E-state index in [0.717, 1.165) is 22.4 Å². The van der Waals surface area contributed by atoms with Gasteiger partial charge in [0.15, 0.2) is 0 Å². The Kier molecular flexibility index (Phi) is 5.39. The Morgan fingerprint density at radius 3 is 2.62 bits per heavy atom. The van der Waals surface area contributed by atoms with Crippen LogP contribution in [0, 0.1) is 0 Å². The molecule has 0 aliphatic heterocycles. The molecule has 5 rings (SSSR count). The van der Waals surface area contributed by atoms with Crippen LogP contribution in [0.1, 0.15) is 11.4 Å². The molecular weight excluding hydrogens is 424 g/mol. The van der Waals surface area contributed by atoms with Crippen LogP contribution < -0.4 is 5.32 Å². The van der Waals surface area contributed by atoms with E-state index in [0.29, 0.717) is 22.8 Å². The number of nitrogens with zero attached hydrogens (tertiary/aromatic N) is 5. The van der Waals surface area contributed by atoms with Crippen LogP contribution in [0.25, 0.3) is 16.7 Å². The molecule has 0 atom stereocenters. The number of imidazole rings is 1. The van der Waals surface area contributed by atoms with Crippen LogP contribution in [0.4, 0.5) is 5.69 Å². The maximum absolute atomic E-state index is 13.1. The van der Waals surface area contributed by atoms with Gasteiger partial charge in [-0.1, -0.05) is 54.1 Å². The van der Waals surface area contributed by atoms with Crippen molar-refractivity contribution in [2.75, 3.05) is 5.32 Å². The van der Waals surface area contributed by atoms with E-state index in [-0.39, 0.29) is 12.5 Å². The predicted octanol–water partition coefficient (Wildman–Crippen LogP) is 4.50. The lowest BCUT2D eigenvalue weighted by molar-refractivity contribution is -0.116. The second-order valence-corrected chi connectivity index (χ2v) is 7.75. The SMILES string of the molecule is O=C(Cn1c(Cc2ccccc2)nc2ccccc21)Nc1cc(Cl)ccc1-n1cncn1. The van der Waals surface area contributed by atoms with Gasteiger partial charge in [-0.05, 0) is 35.9 Å². The summed E-state index contributed by atoms with van der Waals surface area (Å²) in [5.74, 6) is 0.640. The minimum absolute atomic E-state index is 0.117. The van der Waals surface area contributed by atoms with Gasteiger partial charge in [-0.25, -0.2) is 14.6 Å². The largest absolute Gasteiger partial charge is 0.323 e. The van der Waals surface area contributed by atoms with Crippen molar-refractivity contribution in [3.05, 3.63) is 102 Å². The minimum Gasteiger partial charge on any atom is -0.323 e. The van der Waals surface area contributed by atoms with Crippen LogP contribution in [-0.2, 0) is 17.8 Å². The second kappa shape index (κ2) is 8.64. The molecule has 1 N–H and O–H groups in total. The van der Waals surface area contributed by atoms with E-state index in [1.165, 1.54) is 6.33 Å². The number of nitrogens with one attached hydrogen (secondary N) is 1. The van der Waals surface area contributed by atoms with Crippen LogP contribution >= 0.6 is 11.6 Å². The summed E-state index contributed by atoms with van der Waals surface area (Å²) in [7, 11) is 0. The zero-order valence-electron chi connectivity index (χ0n) is 17.0. The van der Waals surface area contributed by atoms with E-state index in [4.69, 9.17) is 16.6 Å². The van der Waals surface area contributed by atoms with Crippen LogP contribution in [0.3, 0.4) is 0 Å². The van der Waals surface area contributed by atoms with Crippen molar-refractivity contribution >= 4 is 34.2 Å². The van der Waals surface area contributed by atoms with E-state index < -0.39 is 0 Å². The number of anilines is 1. The fraction of sp³-hybridized carbons (Fsp3) is 0.0833. The summed E-state index contributed by atoms with van der Waals surface area (Å²) in [6.45, 7) is 0.117. The number of para-hydroxylation sites is 2. The number of benzene rings is 3. The summed E-state index contributed by atoms with van der Waals surface area (Å²) < 4.78 is 3.54. The van der Waals surface area contributed by atoms with E-state index in [1.54, 1.807) is 29.2 Å². The number of amides is 1. The van der Waals surface area contributed by atoms with Gasteiger partial charge in [0.25, 0.3) is 0 Å². The number of aromatic nitrogens is 5. The quantitative estimate of drug-likeness (QED) is 0.420. The molecule has 8 heteroatoms. The van der Waals surface area contributed by atoms with Crippen molar-refractivity contribution in [2.24, 2.45) is 0 Å². The predicted molar refractivity (Wildman–Crippen MR) is 124 cm³/mol. The number of hydrogen-bond donors (Lipinski definition) is 1. The van der Waals surface area contributed by atoms with Crippen molar-refractivity contribution in [3.63, 3.8) is 0 Å². The molecule has 0 bridgehead atoms. The van der Waals surface area contributed by atoms with Crippen molar-refractivity contribution in [3.8, 4) is 5.69 Å². The fourth-order valence-corrected chi connectivity index (χ4v) is 3.86. The fourth-order valence-electron chi connectivity index (χ4n) is 3.69. The van der Waals surface area contributed by atoms with Crippen molar-refractivity contribution in [1.29, 1.82) is 0 Å². The monoisotopic (exact) mass is 442 g/mol. The van der Waals surface area contributed by atoms with Crippen LogP contribution in [0.2, 0.25) is 5.02 Å². The molecule has 3 aromatic carbocycles. The lowest BCUT2D eigenvalue weighted by atomic mass is 10.1. The van der Waals surface area contributed by atoms with E-state index in [9.17, 15) is 4.79 Å². The molecule has 0 spiro atoms. The average Bonchev–Trinajstić information content (AvgIpc) is 3.44. The molecule has 5 aromatic rings. The third kappa shape index (κ3) is 4.10. The molecule has 2 aromatic heterocycles. The number of halogens is 1. The molecule has 0 saturated heterocycles. The summed E-state index contributed by atoms with van der Waals surface area (Å²) in [4.78, 5) is 21.9. The Morgan fingerprint density at radius 2 is 1.81 bits per heavy atom. The Hall–Kier alpha value is -3.97. The van der Waals surface area contributed by atoms with Crippen LogP contribution in [-0.4, -0.2) is 30.2 Å². The highest BCUT2D eigenvalue weighted by atomic mass is 35.5. The number of carbonyl (C=O) groups excluding carboxylic acids is 1.